The van der Waals surface area contributed by atoms with E-state index in [1.54, 1.807) is 24.3 Å². The van der Waals surface area contributed by atoms with Gasteiger partial charge in [0.2, 0.25) is 0 Å². The first-order valence-electron chi connectivity index (χ1n) is 6.69. The summed E-state index contributed by atoms with van der Waals surface area (Å²) < 4.78 is 1.02. The SMILES string of the molecule is O=c1[nH]c(=O)c2cc3c(=O)n(-c4ccc(S)cc4)c(=O)c3cc12. The summed E-state index contributed by atoms with van der Waals surface area (Å²) in [6, 6.07) is 9.15. The third-order valence-electron chi connectivity index (χ3n) is 3.85. The van der Waals surface area contributed by atoms with Crippen LogP contribution in [0.2, 0.25) is 0 Å². The third-order valence-corrected chi connectivity index (χ3v) is 4.15. The molecule has 0 saturated heterocycles. The van der Waals surface area contributed by atoms with Crippen LogP contribution < -0.4 is 22.2 Å². The van der Waals surface area contributed by atoms with Gasteiger partial charge < -0.3 is 0 Å². The van der Waals surface area contributed by atoms with Gasteiger partial charge in [0.25, 0.3) is 22.2 Å². The fourth-order valence-electron chi connectivity index (χ4n) is 2.74. The minimum absolute atomic E-state index is 0.113. The Bertz CT molecular complexity index is 1210. The zero-order valence-electron chi connectivity index (χ0n) is 11.5. The Morgan fingerprint density at radius 2 is 1.22 bits per heavy atom. The summed E-state index contributed by atoms with van der Waals surface area (Å²) in [5.41, 5.74) is -1.76. The Hall–Kier alpha value is -2.93. The fourth-order valence-corrected chi connectivity index (χ4v) is 2.89. The van der Waals surface area contributed by atoms with Gasteiger partial charge in [-0.25, -0.2) is 4.57 Å². The number of nitrogens with one attached hydrogen (secondary N) is 1. The summed E-state index contributed by atoms with van der Waals surface area (Å²) in [6.45, 7) is 0. The molecule has 7 heteroatoms. The number of nitrogens with zero attached hydrogens (tertiary/aromatic N) is 1. The van der Waals surface area contributed by atoms with Crippen LogP contribution in [-0.2, 0) is 0 Å². The van der Waals surface area contributed by atoms with Gasteiger partial charge in [-0.2, -0.15) is 0 Å². The number of aromatic amines is 1. The molecule has 0 aliphatic rings. The number of thiol groups is 1. The van der Waals surface area contributed by atoms with Crippen molar-refractivity contribution in [1.82, 2.24) is 9.55 Å². The highest BCUT2D eigenvalue weighted by Crippen LogP contribution is 2.16. The number of rotatable bonds is 1. The molecule has 0 unspecified atom stereocenters. The molecule has 2 heterocycles. The van der Waals surface area contributed by atoms with Crippen LogP contribution in [0.1, 0.15) is 0 Å². The highest BCUT2D eigenvalue weighted by atomic mass is 32.1. The minimum atomic E-state index is -0.564. The van der Waals surface area contributed by atoms with Gasteiger partial charge in [0.15, 0.2) is 0 Å². The first kappa shape index (κ1) is 13.7. The summed E-state index contributed by atoms with van der Waals surface area (Å²) in [7, 11) is 0. The van der Waals surface area contributed by atoms with Crippen LogP contribution in [0, 0.1) is 0 Å². The average Bonchev–Trinajstić information content (AvgIpc) is 2.94. The molecule has 0 saturated carbocycles. The quantitative estimate of drug-likeness (QED) is 0.505. The second-order valence-corrected chi connectivity index (χ2v) is 5.71. The molecular weight excluding hydrogens is 316 g/mol. The second kappa shape index (κ2) is 4.53. The van der Waals surface area contributed by atoms with Crippen LogP contribution >= 0.6 is 12.6 Å². The molecular formula is C16H8N2O4S. The van der Waals surface area contributed by atoms with Crippen molar-refractivity contribution in [3.05, 3.63) is 77.8 Å². The topological polar surface area (TPSA) is 89.0 Å². The lowest BCUT2D eigenvalue weighted by molar-refractivity contribution is 0.988. The van der Waals surface area contributed by atoms with Gasteiger partial charge in [0.1, 0.15) is 0 Å². The van der Waals surface area contributed by atoms with Crippen molar-refractivity contribution >= 4 is 34.2 Å². The van der Waals surface area contributed by atoms with Crippen LogP contribution in [0.3, 0.4) is 0 Å². The molecule has 0 radical (unpaired) electrons. The zero-order valence-corrected chi connectivity index (χ0v) is 12.4. The van der Waals surface area contributed by atoms with Crippen LogP contribution in [0.25, 0.3) is 27.2 Å². The van der Waals surface area contributed by atoms with Gasteiger partial charge >= 0.3 is 0 Å². The second-order valence-electron chi connectivity index (χ2n) is 5.19. The number of hydrogen-bond acceptors (Lipinski definition) is 5. The molecule has 6 nitrogen and oxygen atoms in total. The van der Waals surface area contributed by atoms with Crippen molar-refractivity contribution in [2.45, 2.75) is 4.90 Å². The van der Waals surface area contributed by atoms with E-state index in [0.29, 0.717) is 10.6 Å². The Kier molecular flexibility index (Phi) is 2.70. The van der Waals surface area contributed by atoms with Gasteiger partial charge in [-0.05, 0) is 36.4 Å². The van der Waals surface area contributed by atoms with E-state index < -0.39 is 22.2 Å². The summed E-state index contributed by atoms with van der Waals surface area (Å²) in [4.78, 5) is 51.3. The highest BCUT2D eigenvalue weighted by molar-refractivity contribution is 7.80. The molecule has 4 rings (SSSR count). The van der Waals surface area contributed by atoms with Crippen molar-refractivity contribution in [3.8, 4) is 5.69 Å². The lowest BCUT2D eigenvalue weighted by Gasteiger charge is -1.99. The van der Waals surface area contributed by atoms with E-state index in [9.17, 15) is 19.2 Å². The number of benzene rings is 2. The molecule has 23 heavy (non-hydrogen) atoms. The van der Waals surface area contributed by atoms with Gasteiger partial charge in [0, 0.05) is 4.90 Å². The van der Waals surface area contributed by atoms with Crippen LogP contribution in [0.4, 0.5) is 0 Å². The fraction of sp³-hybridized carbons (Fsp3) is 0. The van der Waals surface area contributed by atoms with E-state index in [1.165, 1.54) is 12.1 Å². The minimum Gasteiger partial charge on any atom is -0.288 e. The largest absolute Gasteiger partial charge is 0.288 e. The lowest BCUT2D eigenvalue weighted by atomic mass is 10.1. The van der Waals surface area contributed by atoms with Crippen LogP contribution in [0.5, 0.6) is 0 Å². The van der Waals surface area contributed by atoms with E-state index in [4.69, 9.17) is 0 Å². The Morgan fingerprint density at radius 3 is 1.70 bits per heavy atom. The lowest BCUT2D eigenvalue weighted by Crippen LogP contribution is -2.23. The van der Waals surface area contributed by atoms with Crippen molar-refractivity contribution in [2.75, 3.05) is 0 Å². The smallest absolute Gasteiger partial charge is 0.266 e. The van der Waals surface area contributed by atoms with E-state index >= 15 is 0 Å². The molecule has 0 aliphatic carbocycles. The number of fused-ring (bicyclic) bond motifs is 2. The maximum Gasteiger partial charge on any atom is 0.266 e. The summed E-state index contributed by atoms with van der Waals surface area (Å²) in [5, 5.41) is 0.465. The van der Waals surface area contributed by atoms with E-state index in [1.807, 2.05) is 0 Å². The summed E-state index contributed by atoms with van der Waals surface area (Å²) in [5.74, 6) is 0. The van der Waals surface area contributed by atoms with Gasteiger partial charge in [-0.3, -0.25) is 24.2 Å². The first-order valence-corrected chi connectivity index (χ1v) is 7.13. The molecule has 0 fully saturated rings. The maximum atomic E-state index is 12.5. The average molecular weight is 324 g/mol. The third kappa shape index (κ3) is 1.83. The molecule has 0 bridgehead atoms. The molecule has 2 aromatic heterocycles. The predicted octanol–water partition coefficient (Wildman–Crippen LogP) is 0.717. The molecule has 0 atom stereocenters. The zero-order chi connectivity index (χ0) is 16.3. The molecule has 0 aliphatic heterocycles. The van der Waals surface area contributed by atoms with E-state index in [-0.39, 0.29) is 21.5 Å². The number of aromatic nitrogens is 2. The van der Waals surface area contributed by atoms with Crippen LogP contribution in [-0.4, -0.2) is 9.55 Å². The van der Waals surface area contributed by atoms with Crippen molar-refractivity contribution in [2.24, 2.45) is 0 Å². The summed E-state index contributed by atoms with van der Waals surface area (Å²) in [6.07, 6.45) is 0. The predicted molar refractivity (Wildman–Crippen MR) is 89.8 cm³/mol. The first-order chi connectivity index (χ1) is 11.0. The highest BCUT2D eigenvalue weighted by Gasteiger charge is 2.17. The molecule has 0 amide bonds. The normalized spacial score (nSPS) is 11.5. The van der Waals surface area contributed by atoms with Gasteiger partial charge in [0.05, 0.1) is 27.2 Å². The molecule has 112 valence electrons. The van der Waals surface area contributed by atoms with Gasteiger partial charge in [-0.1, -0.05) is 0 Å². The van der Waals surface area contributed by atoms with Crippen molar-refractivity contribution < 1.29 is 0 Å². The van der Waals surface area contributed by atoms with Gasteiger partial charge in [-0.15, -0.1) is 12.6 Å². The summed E-state index contributed by atoms with van der Waals surface area (Å²) >= 11 is 4.17. The standard InChI is InChI=1S/C16H8N2O4S/c19-13-9-5-11-12(6-10(9)14(20)17-13)16(22)18(15(11)21)7-1-3-8(23)4-2-7/h1-6,23H,(H,17,19,20). The van der Waals surface area contributed by atoms with E-state index in [0.717, 1.165) is 4.57 Å². The van der Waals surface area contributed by atoms with Crippen molar-refractivity contribution in [1.29, 1.82) is 0 Å². The number of hydrogen-bond donors (Lipinski definition) is 2. The van der Waals surface area contributed by atoms with Crippen LogP contribution in [0.15, 0.2) is 60.5 Å². The molecule has 0 spiro atoms. The molecule has 4 aromatic rings. The molecule has 1 N–H and O–H groups in total. The van der Waals surface area contributed by atoms with E-state index in [2.05, 4.69) is 17.6 Å². The van der Waals surface area contributed by atoms with Crippen molar-refractivity contribution in [3.63, 3.8) is 0 Å². The maximum absolute atomic E-state index is 12.5. The Balaban J connectivity index is 2.18. The Morgan fingerprint density at radius 1 is 0.739 bits per heavy atom. The monoisotopic (exact) mass is 324 g/mol. The molecule has 2 aromatic carbocycles. The number of H-pyrrole nitrogens is 1. The Labute approximate surface area is 132 Å².